The first-order valence-electron chi connectivity index (χ1n) is 5.39. The monoisotopic (exact) mass is 360 g/mol. The molecule has 0 spiro atoms. The summed E-state index contributed by atoms with van der Waals surface area (Å²) in [5.41, 5.74) is 5.57. The zero-order valence-corrected chi connectivity index (χ0v) is 12.2. The normalized spacial score (nSPS) is 10.4. The number of nitrogens with one attached hydrogen (secondary N) is 1. The van der Waals surface area contributed by atoms with E-state index >= 15 is 0 Å². The lowest BCUT2D eigenvalue weighted by Gasteiger charge is -2.09. The van der Waals surface area contributed by atoms with Gasteiger partial charge in [-0.2, -0.15) is 0 Å². The number of carbonyl (C=O) groups excluding carboxylic acids is 1. The van der Waals surface area contributed by atoms with E-state index in [1.54, 1.807) is 0 Å². The van der Waals surface area contributed by atoms with Gasteiger partial charge in [-0.1, -0.05) is 11.6 Å². The smallest absolute Gasteiger partial charge is 0.256 e. The van der Waals surface area contributed by atoms with E-state index in [0.29, 0.717) is 0 Å². The van der Waals surface area contributed by atoms with E-state index in [1.807, 2.05) is 0 Å². The molecular formula is C13H8BrClF2N2O. The third-order valence-corrected chi connectivity index (χ3v) is 3.33. The van der Waals surface area contributed by atoms with E-state index < -0.39 is 17.5 Å². The Morgan fingerprint density at radius 1 is 1.20 bits per heavy atom. The van der Waals surface area contributed by atoms with Gasteiger partial charge in [-0.25, -0.2) is 8.78 Å². The van der Waals surface area contributed by atoms with Crippen LogP contribution in [0.2, 0.25) is 5.02 Å². The number of hydrogen-bond acceptors (Lipinski definition) is 2. The maximum absolute atomic E-state index is 13.2. The molecule has 0 aliphatic heterocycles. The van der Waals surface area contributed by atoms with Gasteiger partial charge in [-0.15, -0.1) is 0 Å². The van der Waals surface area contributed by atoms with Crippen LogP contribution in [0.25, 0.3) is 0 Å². The molecule has 0 aliphatic rings. The number of rotatable bonds is 2. The van der Waals surface area contributed by atoms with Crippen LogP contribution in [0.4, 0.5) is 20.2 Å². The van der Waals surface area contributed by atoms with Crippen LogP contribution < -0.4 is 11.1 Å². The van der Waals surface area contributed by atoms with Crippen molar-refractivity contribution in [2.24, 2.45) is 0 Å². The van der Waals surface area contributed by atoms with Gasteiger partial charge in [0.05, 0.1) is 11.3 Å². The summed E-state index contributed by atoms with van der Waals surface area (Å²) in [6, 6.07) is 5.90. The third-order valence-electron chi connectivity index (χ3n) is 2.45. The highest BCUT2D eigenvalue weighted by atomic mass is 79.9. The lowest BCUT2D eigenvalue weighted by Crippen LogP contribution is -2.13. The van der Waals surface area contributed by atoms with Crippen molar-refractivity contribution in [1.82, 2.24) is 0 Å². The molecule has 20 heavy (non-hydrogen) atoms. The van der Waals surface area contributed by atoms with E-state index in [9.17, 15) is 13.6 Å². The van der Waals surface area contributed by atoms with Crippen molar-refractivity contribution < 1.29 is 13.6 Å². The highest BCUT2D eigenvalue weighted by Gasteiger charge is 2.14. The minimum atomic E-state index is -0.637. The molecule has 0 saturated heterocycles. The van der Waals surface area contributed by atoms with Crippen LogP contribution in [-0.4, -0.2) is 5.91 Å². The van der Waals surface area contributed by atoms with Gasteiger partial charge < -0.3 is 11.1 Å². The van der Waals surface area contributed by atoms with Gasteiger partial charge in [0.2, 0.25) is 0 Å². The number of carbonyl (C=O) groups is 1. The van der Waals surface area contributed by atoms with Gasteiger partial charge in [-0.3, -0.25) is 4.79 Å². The van der Waals surface area contributed by atoms with Crippen molar-refractivity contribution in [3.8, 4) is 0 Å². The summed E-state index contributed by atoms with van der Waals surface area (Å²) in [6.07, 6.45) is 0. The van der Waals surface area contributed by atoms with Crippen molar-refractivity contribution in [2.75, 3.05) is 11.1 Å². The molecule has 0 heterocycles. The van der Waals surface area contributed by atoms with Gasteiger partial charge in [0.15, 0.2) is 0 Å². The van der Waals surface area contributed by atoms with Crippen LogP contribution >= 0.6 is 27.5 Å². The van der Waals surface area contributed by atoms with E-state index in [-0.39, 0.29) is 26.4 Å². The standard InChI is InChI=1S/C13H8BrClF2N2O/c14-10-5-11(17)12(18)4-9(10)13(20)19-8-2-6(15)1-7(16)3-8/h1-5H,18H2,(H,19,20). The van der Waals surface area contributed by atoms with E-state index in [1.165, 1.54) is 12.1 Å². The SMILES string of the molecule is Nc1cc(C(=O)Nc2cc(F)cc(Cl)c2)c(Br)cc1F. The lowest BCUT2D eigenvalue weighted by molar-refractivity contribution is 0.102. The fourth-order valence-electron chi connectivity index (χ4n) is 1.56. The van der Waals surface area contributed by atoms with Crippen LogP contribution in [0.5, 0.6) is 0 Å². The van der Waals surface area contributed by atoms with Crippen LogP contribution in [0, 0.1) is 11.6 Å². The van der Waals surface area contributed by atoms with Gasteiger partial charge in [0.25, 0.3) is 5.91 Å². The van der Waals surface area contributed by atoms with Crippen LogP contribution in [0.15, 0.2) is 34.8 Å². The van der Waals surface area contributed by atoms with E-state index in [2.05, 4.69) is 21.2 Å². The molecule has 2 aromatic rings. The predicted molar refractivity (Wildman–Crippen MR) is 77.9 cm³/mol. The first kappa shape index (κ1) is 14.7. The molecule has 0 fully saturated rings. The average molecular weight is 362 g/mol. The Kier molecular flexibility index (Phi) is 4.25. The minimum Gasteiger partial charge on any atom is -0.396 e. The van der Waals surface area contributed by atoms with Crippen LogP contribution in [0.1, 0.15) is 10.4 Å². The molecule has 0 atom stereocenters. The number of amides is 1. The highest BCUT2D eigenvalue weighted by Crippen LogP contribution is 2.25. The van der Waals surface area contributed by atoms with Crippen molar-refractivity contribution in [2.45, 2.75) is 0 Å². The third kappa shape index (κ3) is 3.26. The number of hydrogen-bond donors (Lipinski definition) is 2. The van der Waals surface area contributed by atoms with Gasteiger partial charge >= 0.3 is 0 Å². The molecule has 0 bridgehead atoms. The van der Waals surface area contributed by atoms with Crippen molar-refractivity contribution in [1.29, 1.82) is 0 Å². The Labute approximate surface area is 126 Å². The lowest BCUT2D eigenvalue weighted by atomic mass is 10.1. The van der Waals surface area contributed by atoms with Crippen LogP contribution in [-0.2, 0) is 0 Å². The molecule has 104 valence electrons. The summed E-state index contributed by atoms with van der Waals surface area (Å²) in [7, 11) is 0. The molecule has 2 aromatic carbocycles. The summed E-state index contributed by atoms with van der Waals surface area (Å²) in [5, 5.41) is 2.61. The Morgan fingerprint density at radius 3 is 2.55 bits per heavy atom. The Hall–Kier alpha value is -1.66. The molecule has 2 rings (SSSR count). The first-order chi connectivity index (χ1) is 9.36. The first-order valence-corrected chi connectivity index (χ1v) is 6.56. The molecule has 0 aromatic heterocycles. The Morgan fingerprint density at radius 2 is 1.90 bits per heavy atom. The van der Waals surface area contributed by atoms with E-state index in [0.717, 1.165) is 18.2 Å². The molecule has 3 nitrogen and oxygen atoms in total. The summed E-state index contributed by atoms with van der Waals surface area (Å²) in [5.74, 6) is -1.78. The zero-order valence-electron chi connectivity index (χ0n) is 9.88. The second-order valence-corrected chi connectivity index (χ2v) is 5.26. The average Bonchev–Trinajstić information content (AvgIpc) is 2.32. The number of halogens is 4. The molecule has 1 amide bonds. The molecular weight excluding hydrogens is 354 g/mol. The summed E-state index contributed by atoms with van der Waals surface area (Å²) < 4.78 is 26.6. The number of nitrogens with two attached hydrogens (primary N) is 1. The van der Waals surface area contributed by atoms with E-state index in [4.69, 9.17) is 17.3 Å². The maximum Gasteiger partial charge on any atom is 0.256 e. The summed E-state index contributed by atoms with van der Waals surface area (Å²) in [4.78, 5) is 12.0. The molecule has 0 aliphatic carbocycles. The number of anilines is 2. The quantitative estimate of drug-likeness (QED) is 0.787. The van der Waals surface area contributed by atoms with Crippen molar-refractivity contribution in [3.05, 3.63) is 57.0 Å². The number of nitrogen functional groups attached to an aromatic ring is 1. The minimum absolute atomic E-state index is 0.129. The predicted octanol–water partition coefficient (Wildman–Crippen LogP) is 4.22. The molecule has 0 saturated carbocycles. The van der Waals surface area contributed by atoms with Crippen LogP contribution in [0.3, 0.4) is 0 Å². The summed E-state index contributed by atoms with van der Waals surface area (Å²) >= 11 is 8.75. The number of benzene rings is 2. The van der Waals surface area contributed by atoms with Gasteiger partial charge in [0, 0.05) is 15.2 Å². The van der Waals surface area contributed by atoms with Gasteiger partial charge in [0.1, 0.15) is 11.6 Å². The molecule has 0 radical (unpaired) electrons. The summed E-state index contributed by atoms with van der Waals surface area (Å²) in [6.45, 7) is 0. The Balaban J connectivity index is 2.30. The second-order valence-electron chi connectivity index (χ2n) is 3.97. The topological polar surface area (TPSA) is 55.1 Å². The molecule has 3 N–H and O–H groups in total. The fourth-order valence-corrected chi connectivity index (χ4v) is 2.28. The zero-order chi connectivity index (χ0) is 14.9. The Bertz CT molecular complexity index is 674. The largest absolute Gasteiger partial charge is 0.396 e. The molecule has 7 heteroatoms. The van der Waals surface area contributed by atoms with Crippen molar-refractivity contribution in [3.63, 3.8) is 0 Å². The fraction of sp³-hybridized carbons (Fsp3) is 0. The van der Waals surface area contributed by atoms with Crippen molar-refractivity contribution >= 4 is 44.8 Å². The second kappa shape index (κ2) is 5.76. The van der Waals surface area contributed by atoms with Gasteiger partial charge in [-0.05, 0) is 46.3 Å². The highest BCUT2D eigenvalue weighted by molar-refractivity contribution is 9.10. The maximum atomic E-state index is 13.2. The molecule has 0 unspecified atom stereocenters.